The Morgan fingerprint density at radius 1 is 1.27 bits per heavy atom. The van der Waals surface area contributed by atoms with Gasteiger partial charge in [0.05, 0.1) is 22.8 Å². The fourth-order valence-corrected chi connectivity index (χ4v) is 1.73. The van der Waals surface area contributed by atoms with Crippen molar-refractivity contribution in [2.45, 2.75) is 6.54 Å². The fourth-order valence-electron chi connectivity index (χ4n) is 1.73. The normalized spacial score (nSPS) is 9.77. The third-order valence-electron chi connectivity index (χ3n) is 2.79. The summed E-state index contributed by atoms with van der Waals surface area (Å²) in [6.07, 6.45) is 1.01. The topological polar surface area (TPSA) is 118 Å². The summed E-state index contributed by atoms with van der Waals surface area (Å²) >= 11 is 0. The monoisotopic (exact) mass is 298 g/mol. The molecule has 0 atom stereocenters. The van der Waals surface area contributed by atoms with E-state index in [4.69, 9.17) is 5.26 Å². The number of nitrogens with zero attached hydrogens (tertiary/aromatic N) is 3. The third kappa shape index (κ3) is 3.55. The molecule has 2 rings (SSSR count). The van der Waals surface area contributed by atoms with Crippen LogP contribution < -0.4 is 10.9 Å². The Balaban J connectivity index is 2.11. The molecule has 0 fully saturated rings. The van der Waals surface area contributed by atoms with E-state index in [1.165, 1.54) is 12.1 Å². The molecule has 0 saturated heterocycles. The van der Waals surface area contributed by atoms with E-state index in [2.05, 4.69) is 5.32 Å². The van der Waals surface area contributed by atoms with Gasteiger partial charge in [-0.2, -0.15) is 5.26 Å². The van der Waals surface area contributed by atoms with Gasteiger partial charge in [0.2, 0.25) is 5.91 Å². The van der Waals surface area contributed by atoms with Gasteiger partial charge in [0.15, 0.2) is 0 Å². The van der Waals surface area contributed by atoms with Crippen LogP contribution in [0.4, 0.5) is 11.4 Å². The predicted molar refractivity (Wildman–Crippen MR) is 77.1 cm³/mol. The lowest BCUT2D eigenvalue weighted by Crippen LogP contribution is -2.26. The Labute approximate surface area is 124 Å². The molecule has 0 aliphatic carbocycles. The summed E-state index contributed by atoms with van der Waals surface area (Å²) < 4.78 is 0.955. The maximum absolute atomic E-state index is 11.9. The van der Waals surface area contributed by atoms with E-state index >= 15 is 0 Å². The number of hydrogen-bond donors (Lipinski definition) is 1. The Morgan fingerprint density at radius 2 is 1.95 bits per heavy atom. The molecule has 0 unspecified atom stereocenters. The van der Waals surface area contributed by atoms with Crippen LogP contribution >= 0.6 is 0 Å². The van der Waals surface area contributed by atoms with Crippen molar-refractivity contribution >= 4 is 17.3 Å². The Morgan fingerprint density at radius 3 is 2.55 bits per heavy atom. The number of nitriles is 1. The largest absolute Gasteiger partial charge is 0.325 e. The number of amides is 1. The molecule has 1 heterocycles. The lowest BCUT2D eigenvalue weighted by Gasteiger charge is -2.07. The molecule has 22 heavy (non-hydrogen) atoms. The minimum atomic E-state index is -0.644. The number of hydrogen-bond acceptors (Lipinski definition) is 5. The summed E-state index contributed by atoms with van der Waals surface area (Å²) in [7, 11) is 0. The lowest BCUT2D eigenvalue weighted by molar-refractivity contribution is -0.385. The maximum atomic E-state index is 11.9. The maximum Gasteiger partial charge on any atom is 0.285 e. The Bertz CT molecular complexity index is 818. The van der Waals surface area contributed by atoms with Gasteiger partial charge in [-0.15, -0.1) is 0 Å². The average molecular weight is 298 g/mol. The number of pyridine rings is 1. The molecule has 110 valence electrons. The Kier molecular flexibility index (Phi) is 4.29. The van der Waals surface area contributed by atoms with Crippen LogP contribution in [0.2, 0.25) is 0 Å². The summed E-state index contributed by atoms with van der Waals surface area (Å²) in [5.74, 6) is -0.507. The van der Waals surface area contributed by atoms with Crippen LogP contribution in [-0.2, 0) is 11.3 Å². The van der Waals surface area contributed by atoms with E-state index in [0.717, 1.165) is 22.9 Å². The number of nitrogens with one attached hydrogen (secondary N) is 1. The number of aromatic nitrogens is 1. The molecular weight excluding hydrogens is 288 g/mol. The first kappa shape index (κ1) is 14.9. The number of nitro groups is 1. The predicted octanol–water partition coefficient (Wildman–Crippen LogP) is 1.27. The minimum absolute atomic E-state index is 0.272. The van der Waals surface area contributed by atoms with Crippen molar-refractivity contribution in [3.8, 4) is 6.07 Å². The zero-order valence-electron chi connectivity index (χ0n) is 11.2. The van der Waals surface area contributed by atoms with Crippen LogP contribution in [0.15, 0.2) is 47.4 Å². The van der Waals surface area contributed by atoms with Gasteiger partial charge in [-0.1, -0.05) is 0 Å². The van der Waals surface area contributed by atoms with Crippen LogP contribution in [0.25, 0.3) is 0 Å². The van der Waals surface area contributed by atoms with Gasteiger partial charge >= 0.3 is 0 Å². The number of anilines is 1. The summed E-state index contributed by atoms with van der Waals surface area (Å²) in [4.78, 5) is 33.5. The molecule has 1 amide bonds. The van der Waals surface area contributed by atoms with Crippen molar-refractivity contribution in [2.75, 3.05) is 5.32 Å². The second-order valence-corrected chi connectivity index (χ2v) is 4.35. The van der Waals surface area contributed by atoms with Gasteiger partial charge < -0.3 is 5.32 Å². The van der Waals surface area contributed by atoms with Gasteiger partial charge in [-0.25, -0.2) is 0 Å². The molecule has 0 saturated carbocycles. The zero-order valence-corrected chi connectivity index (χ0v) is 11.2. The highest BCUT2D eigenvalue weighted by Crippen LogP contribution is 2.09. The summed E-state index contributed by atoms with van der Waals surface area (Å²) in [6, 6.07) is 10.2. The average Bonchev–Trinajstić information content (AvgIpc) is 2.50. The summed E-state index contributed by atoms with van der Waals surface area (Å²) in [5, 5.41) is 21.9. The van der Waals surface area contributed by atoms with Gasteiger partial charge in [-0.05, 0) is 24.3 Å². The first-order valence-electron chi connectivity index (χ1n) is 6.14. The molecule has 1 N–H and O–H groups in total. The second kappa shape index (κ2) is 6.32. The van der Waals surface area contributed by atoms with Crippen LogP contribution in [0, 0.1) is 21.4 Å². The molecular formula is C14H10N4O4. The highest BCUT2D eigenvalue weighted by atomic mass is 16.6. The first-order valence-corrected chi connectivity index (χ1v) is 6.14. The van der Waals surface area contributed by atoms with Crippen molar-refractivity contribution in [2.24, 2.45) is 0 Å². The molecule has 0 spiro atoms. The van der Waals surface area contributed by atoms with E-state index < -0.39 is 16.4 Å². The summed E-state index contributed by atoms with van der Waals surface area (Å²) in [6.45, 7) is -0.347. The van der Waals surface area contributed by atoms with Gasteiger partial charge in [0, 0.05) is 17.8 Å². The number of carbonyl (C=O) groups excluding carboxylic acids is 1. The molecule has 0 aliphatic heterocycles. The second-order valence-electron chi connectivity index (χ2n) is 4.35. The molecule has 0 radical (unpaired) electrons. The van der Waals surface area contributed by atoms with Crippen molar-refractivity contribution in [1.29, 1.82) is 5.26 Å². The van der Waals surface area contributed by atoms with Crippen LogP contribution in [0.3, 0.4) is 0 Å². The molecule has 1 aromatic carbocycles. The SMILES string of the molecule is N#Cc1ccc(NC(=O)Cn2cc([N+](=O)[O-])ccc2=O)cc1. The van der Waals surface area contributed by atoms with E-state index in [1.807, 2.05) is 6.07 Å². The van der Waals surface area contributed by atoms with Crippen LogP contribution in [0.5, 0.6) is 0 Å². The minimum Gasteiger partial charge on any atom is -0.325 e. The number of benzene rings is 1. The molecule has 0 bridgehead atoms. The van der Waals surface area contributed by atoms with Crippen LogP contribution in [0.1, 0.15) is 5.56 Å². The van der Waals surface area contributed by atoms with E-state index in [1.54, 1.807) is 12.1 Å². The highest BCUT2D eigenvalue weighted by Gasteiger charge is 2.10. The highest BCUT2D eigenvalue weighted by molar-refractivity contribution is 5.90. The zero-order chi connectivity index (χ0) is 16.1. The fraction of sp³-hybridized carbons (Fsp3) is 0.0714. The quantitative estimate of drug-likeness (QED) is 0.673. The third-order valence-corrected chi connectivity index (χ3v) is 2.79. The summed E-state index contributed by atoms with van der Waals surface area (Å²) in [5.41, 5.74) is 0.127. The van der Waals surface area contributed by atoms with Crippen molar-refractivity contribution < 1.29 is 9.72 Å². The number of rotatable bonds is 4. The van der Waals surface area contributed by atoms with Crippen molar-refractivity contribution in [3.05, 3.63) is 68.6 Å². The molecule has 2 aromatic rings. The Hall–Kier alpha value is -3.47. The first-order chi connectivity index (χ1) is 10.5. The van der Waals surface area contributed by atoms with Crippen molar-refractivity contribution in [1.82, 2.24) is 4.57 Å². The van der Waals surface area contributed by atoms with E-state index in [9.17, 15) is 19.7 Å². The molecule has 8 nitrogen and oxygen atoms in total. The van der Waals surface area contributed by atoms with Gasteiger partial charge in [0.1, 0.15) is 6.54 Å². The smallest absolute Gasteiger partial charge is 0.285 e. The molecule has 8 heteroatoms. The molecule has 0 aliphatic rings. The van der Waals surface area contributed by atoms with E-state index in [-0.39, 0.29) is 12.2 Å². The van der Waals surface area contributed by atoms with Crippen LogP contribution in [-0.4, -0.2) is 15.4 Å². The van der Waals surface area contributed by atoms with E-state index in [0.29, 0.717) is 11.3 Å². The lowest BCUT2D eigenvalue weighted by atomic mass is 10.2. The standard InChI is InChI=1S/C14H10N4O4/c15-7-10-1-3-11(4-2-10)16-13(19)9-17-8-12(18(21)22)5-6-14(17)20/h1-6,8H,9H2,(H,16,19). The molecule has 1 aromatic heterocycles. The van der Waals surface area contributed by atoms with Crippen molar-refractivity contribution in [3.63, 3.8) is 0 Å². The van der Waals surface area contributed by atoms with Gasteiger partial charge in [0.25, 0.3) is 11.2 Å². The van der Waals surface area contributed by atoms with Gasteiger partial charge in [-0.3, -0.25) is 24.3 Å². The number of carbonyl (C=O) groups is 1.